The first kappa shape index (κ1) is 30.8. The van der Waals surface area contributed by atoms with E-state index in [2.05, 4.69) is 53.8 Å². The highest BCUT2D eigenvalue weighted by Gasteiger charge is 2.26. The number of carboxylic acids is 1. The van der Waals surface area contributed by atoms with Gasteiger partial charge in [0, 0.05) is 37.1 Å². The van der Waals surface area contributed by atoms with Crippen molar-refractivity contribution in [3.05, 3.63) is 94.7 Å². The SMILES string of the molecule is C\C=C/C(=C\C(=C\CC)c1ccc2c(cnn2C)c1)c1cc2c(-c3cc(F)c4c(c3C)NCCO4)c(CC(=O)O)c(C)nc2n1C. The van der Waals surface area contributed by atoms with Gasteiger partial charge in [-0.2, -0.15) is 5.10 Å². The van der Waals surface area contributed by atoms with Crippen molar-refractivity contribution in [1.29, 1.82) is 0 Å². The summed E-state index contributed by atoms with van der Waals surface area (Å²) in [4.78, 5) is 17.0. The number of aliphatic carboxylic acids is 1. The first-order valence-corrected chi connectivity index (χ1v) is 15.5. The highest BCUT2D eigenvalue weighted by molar-refractivity contribution is 6.02. The number of carbonyl (C=O) groups is 1. The third-order valence-electron chi connectivity index (χ3n) is 8.68. The number of hydrogen-bond donors (Lipinski definition) is 2. The minimum atomic E-state index is -0.978. The van der Waals surface area contributed by atoms with Gasteiger partial charge in [0.15, 0.2) is 11.6 Å². The molecule has 236 valence electrons. The van der Waals surface area contributed by atoms with Gasteiger partial charge in [0.2, 0.25) is 0 Å². The van der Waals surface area contributed by atoms with Crippen molar-refractivity contribution in [2.45, 2.75) is 40.5 Å². The van der Waals surface area contributed by atoms with E-state index < -0.39 is 11.8 Å². The quantitative estimate of drug-likeness (QED) is 0.172. The van der Waals surface area contributed by atoms with E-state index in [9.17, 15) is 9.90 Å². The summed E-state index contributed by atoms with van der Waals surface area (Å²) < 4.78 is 25.1. The van der Waals surface area contributed by atoms with Crippen LogP contribution in [0, 0.1) is 19.7 Å². The molecule has 0 saturated heterocycles. The normalized spacial score (nSPS) is 13.8. The molecule has 9 heteroatoms. The number of halogens is 1. The van der Waals surface area contributed by atoms with Crippen LogP contribution in [0.2, 0.25) is 0 Å². The summed E-state index contributed by atoms with van der Waals surface area (Å²) in [5.41, 5.74) is 9.58. The Hall–Kier alpha value is -5.18. The minimum Gasteiger partial charge on any atom is -0.486 e. The fourth-order valence-corrected chi connectivity index (χ4v) is 6.48. The Kier molecular flexibility index (Phi) is 8.25. The molecule has 0 bridgehead atoms. The lowest BCUT2D eigenvalue weighted by molar-refractivity contribution is -0.136. The van der Waals surface area contributed by atoms with Crippen molar-refractivity contribution in [2.75, 3.05) is 18.5 Å². The Morgan fingerprint density at radius 2 is 1.98 bits per heavy atom. The Morgan fingerprint density at radius 3 is 2.72 bits per heavy atom. The van der Waals surface area contributed by atoms with Crippen LogP contribution in [-0.2, 0) is 25.3 Å². The Balaban J connectivity index is 1.60. The molecule has 8 nitrogen and oxygen atoms in total. The molecule has 1 aliphatic rings. The topological polar surface area (TPSA) is 94.2 Å². The molecule has 0 radical (unpaired) electrons. The third kappa shape index (κ3) is 5.36. The van der Waals surface area contributed by atoms with Gasteiger partial charge in [0.05, 0.1) is 29.5 Å². The standard InChI is InChI=1S/C37H38FN5O3/c1-7-9-23(24-11-12-31-26(16-24)20-40-43(31)6)15-25(10-8-2)32-18-29-34(28(19-33(44)45)22(4)41-37(29)42(32)5)27-17-30(38)36-35(21(27)3)39-13-14-46-36/h8-12,15-18,20,39H,7,13-14,19H2,1-6H3,(H,44,45)/b10-8-,23-9-,25-15+. The van der Waals surface area contributed by atoms with Gasteiger partial charge in [0.25, 0.3) is 0 Å². The van der Waals surface area contributed by atoms with Gasteiger partial charge >= 0.3 is 5.97 Å². The first-order chi connectivity index (χ1) is 22.1. The van der Waals surface area contributed by atoms with Crippen molar-refractivity contribution in [1.82, 2.24) is 19.3 Å². The maximum absolute atomic E-state index is 15.5. The van der Waals surface area contributed by atoms with Crippen molar-refractivity contribution in [3.63, 3.8) is 0 Å². The van der Waals surface area contributed by atoms with Gasteiger partial charge in [-0.15, -0.1) is 0 Å². The molecular weight excluding hydrogens is 581 g/mol. The predicted octanol–water partition coefficient (Wildman–Crippen LogP) is 7.77. The van der Waals surface area contributed by atoms with E-state index in [1.165, 1.54) is 6.07 Å². The van der Waals surface area contributed by atoms with Crippen LogP contribution in [0.15, 0.2) is 60.8 Å². The summed E-state index contributed by atoms with van der Waals surface area (Å²) in [6.07, 6.45) is 10.9. The largest absolute Gasteiger partial charge is 0.486 e. The van der Waals surface area contributed by atoms with E-state index in [1.54, 1.807) is 0 Å². The monoisotopic (exact) mass is 619 g/mol. The Morgan fingerprint density at radius 1 is 1.17 bits per heavy atom. The number of aryl methyl sites for hydroxylation is 3. The van der Waals surface area contributed by atoms with Crippen LogP contribution < -0.4 is 10.1 Å². The van der Waals surface area contributed by atoms with E-state index in [0.29, 0.717) is 46.9 Å². The zero-order valence-electron chi connectivity index (χ0n) is 27.0. The van der Waals surface area contributed by atoms with Crippen LogP contribution in [0.25, 0.3) is 44.2 Å². The predicted molar refractivity (Wildman–Crippen MR) is 183 cm³/mol. The molecule has 2 aromatic carbocycles. The number of nitrogens with one attached hydrogen (secondary N) is 1. The van der Waals surface area contributed by atoms with Crippen LogP contribution in [-0.4, -0.2) is 43.6 Å². The van der Waals surface area contributed by atoms with Crippen LogP contribution in [0.1, 0.15) is 48.3 Å². The molecule has 5 aromatic rings. The second-order valence-electron chi connectivity index (χ2n) is 11.7. The van der Waals surface area contributed by atoms with E-state index in [4.69, 9.17) is 9.72 Å². The van der Waals surface area contributed by atoms with Crippen molar-refractivity contribution in [2.24, 2.45) is 14.1 Å². The molecule has 2 N–H and O–H groups in total. The molecular formula is C37H38FN5O3. The summed E-state index contributed by atoms with van der Waals surface area (Å²) in [5, 5.41) is 19.4. The third-order valence-corrected chi connectivity index (χ3v) is 8.68. The number of carboxylic acid groups (broad SMARTS) is 1. The summed E-state index contributed by atoms with van der Waals surface area (Å²) in [6, 6.07) is 9.87. The minimum absolute atomic E-state index is 0.195. The number of aromatic nitrogens is 4. The fourth-order valence-electron chi connectivity index (χ4n) is 6.48. The van der Waals surface area contributed by atoms with Gasteiger partial charge in [-0.3, -0.25) is 9.48 Å². The lowest BCUT2D eigenvalue weighted by Gasteiger charge is -2.24. The van der Waals surface area contributed by atoms with Crippen LogP contribution in [0.4, 0.5) is 10.1 Å². The Labute approximate surface area is 267 Å². The zero-order valence-corrected chi connectivity index (χ0v) is 27.0. The van der Waals surface area contributed by atoms with Gasteiger partial charge < -0.3 is 19.7 Å². The average Bonchev–Trinajstić information content (AvgIpc) is 3.57. The van der Waals surface area contributed by atoms with Crippen molar-refractivity contribution in [3.8, 4) is 16.9 Å². The molecule has 0 unspecified atom stereocenters. The summed E-state index contributed by atoms with van der Waals surface area (Å²) in [5.74, 6) is -1.27. The van der Waals surface area contributed by atoms with E-state index in [1.807, 2.05) is 62.5 Å². The number of hydrogen-bond acceptors (Lipinski definition) is 5. The number of allylic oxidation sites excluding steroid dienone is 6. The number of benzene rings is 2. The molecule has 46 heavy (non-hydrogen) atoms. The molecule has 0 saturated carbocycles. The number of pyridine rings is 1. The molecule has 1 aliphatic heterocycles. The van der Waals surface area contributed by atoms with Crippen molar-refractivity contribution < 1.29 is 19.0 Å². The molecule has 0 aliphatic carbocycles. The summed E-state index contributed by atoms with van der Waals surface area (Å²) in [6.45, 7) is 8.76. The lowest BCUT2D eigenvalue weighted by atomic mass is 9.90. The van der Waals surface area contributed by atoms with Crippen LogP contribution >= 0.6 is 0 Å². The highest BCUT2D eigenvalue weighted by atomic mass is 19.1. The number of fused-ring (bicyclic) bond motifs is 3. The molecule has 4 heterocycles. The number of ether oxygens (including phenoxy) is 1. The molecule has 0 amide bonds. The smallest absolute Gasteiger partial charge is 0.307 e. The maximum Gasteiger partial charge on any atom is 0.307 e. The molecule has 6 rings (SSSR count). The van der Waals surface area contributed by atoms with Gasteiger partial charge in [0.1, 0.15) is 12.3 Å². The first-order valence-electron chi connectivity index (χ1n) is 15.5. The second kappa shape index (κ2) is 12.3. The lowest BCUT2D eigenvalue weighted by Crippen LogP contribution is -2.20. The number of anilines is 1. The fraction of sp³-hybridized carbons (Fsp3) is 0.270. The molecule has 0 spiro atoms. The molecule has 3 aromatic heterocycles. The zero-order chi connectivity index (χ0) is 32.7. The summed E-state index contributed by atoms with van der Waals surface area (Å²) in [7, 11) is 3.90. The van der Waals surface area contributed by atoms with Gasteiger partial charge in [-0.25, -0.2) is 9.37 Å². The van der Waals surface area contributed by atoms with E-state index in [0.717, 1.165) is 50.7 Å². The maximum atomic E-state index is 15.5. The van der Waals surface area contributed by atoms with E-state index in [-0.39, 0.29) is 12.2 Å². The van der Waals surface area contributed by atoms with Crippen molar-refractivity contribution >= 4 is 44.7 Å². The second-order valence-corrected chi connectivity index (χ2v) is 11.7. The molecule has 0 fully saturated rings. The summed E-state index contributed by atoms with van der Waals surface area (Å²) >= 11 is 0. The molecule has 0 atom stereocenters. The number of rotatable bonds is 8. The van der Waals surface area contributed by atoms with Gasteiger partial charge in [-0.05, 0) is 96.5 Å². The van der Waals surface area contributed by atoms with Crippen LogP contribution in [0.3, 0.4) is 0 Å². The highest BCUT2D eigenvalue weighted by Crippen LogP contribution is 2.44. The Bertz CT molecular complexity index is 2120. The van der Waals surface area contributed by atoms with Crippen LogP contribution in [0.5, 0.6) is 5.75 Å². The number of nitrogens with zero attached hydrogens (tertiary/aromatic N) is 4. The average molecular weight is 620 g/mol. The van der Waals surface area contributed by atoms with Gasteiger partial charge in [-0.1, -0.05) is 31.2 Å². The van der Waals surface area contributed by atoms with E-state index >= 15 is 4.39 Å².